The lowest BCUT2D eigenvalue weighted by Gasteiger charge is -2.16. The second-order valence-corrected chi connectivity index (χ2v) is 10.5. The molecule has 3 nitrogen and oxygen atoms in total. The first-order valence-electron chi connectivity index (χ1n) is 10.6. The van der Waals surface area contributed by atoms with Gasteiger partial charge in [-0.1, -0.05) is 89.0 Å². The minimum atomic E-state index is -3.87. The summed E-state index contributed by atoms with van der Waals surface area (Å²) in [5.41, 5.74) is 2.68. The molecule has 0 fully saturated rings. The van der Waals surface area contributed by atoms with E-state index in [1.807, 2.05) is 0 Å². The van der Waals surface area contributed by atoms with E-state index in [4.69, 9.17) is 4.55 Å². The molecule has 0 saturated heterocycles. The van der Waals surface area contributed by atoms with Crippen molar-refractivity contribution >= 4 is 21.9 Å². The van der Waals surface area contributed by atoms with Gasteiger partial charge in [0.2, 0.25) is 0 Å². The summed E-state index contributed by atoms with van der Waals surface area (Å²) in [5.74, 6) is 0.245. The molecule has 1 atom stereocenters. The molecule has 0 bridgehead atoms. The number of benzene rings is 1. The largest absolute Gasteiger partial charge is 0.286 e. The zero-order valence-corrected chi connectivity index (χ0v) is 18.8. The van der Waals surface area contributed by atoms with Crippen LogP contribution < -0.4 is 0 Å². The Morgan fingerprint density at radius 3 is 2.07 bits per heavy atom. The molecule has 1 unspecified atom stereocenters. The van der Waals surface area contributed by atoms with Crippen molar-refractivity contribution in [1.29, 1.82) is 0 Å². The van der Waals surface area contributed by atoms with Gasteiger partial charge in [-0.05, 0) is 30.9 Å². The van der Waals surface area contributed by atoms with E-state index in [1.165, 1.54) is 75.3 Å². The lowest BCUT2D eigenvalue weighted by atomic mass is 9.98. The molecule has 0 heterocycles. The number of rotatable bonds is 16. The summed E-state index contributed by atoms with van der Waals surface area (Å²) in [7, 11) is -3.87. The predicted molar refractivity (Wildman–Crippen MR) is 119 cm³/mol. The van der Waals surface area contributed by atoms with E-state index in [0.717, 1.165) is 6.42 Å². The molecule has 0 aliphatic rings. The van der Waals surface area contributed by atoms with Crippen LogP contribution in [0.25, 0.3) is 0 Å². The molecule has 0 aliphatic carbocycles. The van der Waals surface area contributed by atoms with Gasteiger partial charge in [-0.3, -0.25) is 4.55 Å². The van der Waals surface area contributed by atoms with E-state index in [9.17, 15) is 8.42 Å². The van der Waals surface area contributed by atoms with Gasteiger partial charge in [-0.2, -0.15) is 20.2 Å². The Morgan fingerprint density at radius 2 is 1.48 bits per heavy atom. The lowest BCUT2D eigenvalue weighted by Crippen LogP contribution is -2.07. The molecule has 0 amide bonds. The van der Waals surface area contributed by atoms with Gasteiger partial charge in [-0.15, -0.1) is 0 Å². The molecule has 156 valence electrons. The van der Waals surface area contributed by atoms with Crippen molar-refractivity contribution in [2.75, 3.05) is 11.5 Å². The fourth-order valence-corrected chi connectivity index (χ4v) is 5.37. The first-order valence-corrected chi connectivity index (χ1v) is 13.2. The normalized spacial score (nSPS) is 13.0. The first kappa shape index (κ1) is 24.5. The lowest BCUT2D eigenvalue weighted by molar-refractivity contribution is 0.485. The van der Waals surface area contributed by atoms with E-state index in [1.54, 1.807) is 11.8 Å². The minimum Gasteiger partial charge on any atom is -0.286 e. The van der Waals surface area contributed by atoms with Crippen LogP contribution in [0, 0.1) is 0 Å². The minimum absolute atomic E-state index is 0.178. The van der Waals surface area contributed by atoms with Gasteiger partial charge in [0, 0.05) is 11.0 Å². The molecule has 0 saturated carbocycles. The maximum Gasteiger partial charge on any atom is 0.265 e. The third kappa shape index (κ3) is 12.5. The summed E-state index contributed by atoms with van der Waals surface area (Å²) in [6, 6.07) is 8.49. The monoisotopic (exact) mass is 414 g/mol. The van der Waals surface area contributed by atoms with Crippen LogP contribution in [-0.4, -0.2) is 24.5 Å². The van der Waals surface area contributed by atoms with Crippen molar-refractivity contribution in [2.24, 2.45) is 0 Å². The standard InChI is InChI=1S/C22H38O3S2/c1-3-4-5-6-7-8-9-10-11-12-15-21-16-13-14-17-22(21)20(2)26-18-19-27(23,24)25/h13-14,16-17,20H,3-12,15,18-19H2,1-2H3,(H,23,24,25). The topological polar surface area (TPSA) is 54.4 Å². The molecular weight excluding hydrogens is 376 g/mol. The summed E-state index contributed by atoms with van der Waals surface area (Å²) < 4.78 is 30.6. The van der Waals surface area contributed by atoms with Gasteiger partial charge in [0.25, 0.3) is 10.1 Å². The molecule has 0 aromatic heterocycles. The second-order valence-electron chi connectivity index (χ2n) is 7.43. The average Bonchev–Trinajstić information content (AvgIpc) is 2.62. The number of unbranched alkanes of at least 4 members (excludes halogenated alkanes) is 9. The van der Waals surface area contributed by atoms with Crippen molar-refractivity contribution in [2.45, 2.75) is 89.7 Å². The third-order valence-corrected chi connectivity index (χ3v) is 7.17. The van der Waals surface area contributed by atoms with Crippen molar-refractivity contribution in [3.63, 3.8) is 0 Å². The van der Waals surface area contributed by atoms with Crippen LogP contribution in [0.1, 0.15) is 94.4 Å². The molecule has 5 heteroatoms. The molecule has 1 aromatic carbocycles. The maximum atomic E-state index is 10.9. The number of thioether (sulfide) groups is 1. The molecule has 0 radical (unpaired) electrons. The number of hydrogen-bond acceptors (Lipinski definition) is 3. The van der Waals surface area contributed by atoms with Crippen LogP contribution in [0.15, 0.2) is 24.3 Å². The Kier molecular flexibility index (Phi) is 13.1. The zero-order valence-electron chi connectivity index (χ0n) is 17.2. The van der Waals surface area contributed by atoms with Crippen LogP contribution >= 0.6 is 11.8 Å². The summed E-state index contributed by atoms with van der Waals surface area (Å²) in [5, 5.41) is 0.242. The maximum absolute atomic E-state index is 10.9. The Balaban J connectivity index is 2.25. The van der Waals surface area contributed by atoms with Gasteiger partial charge < -0.3 is 0 Å². The van der Waals surface area contributed by atoms with E-state index in [-0.39, 0.29) is 11.0 Å². The molecule has 0 spiro atoms. The Bertz CT molecular complexity index is 599. The summed E-state index contributed by atoms with van der Waals surface area (Å²) in [6.07, 6.45) is 14.5. The van der Waals surface area contributed by atoms with E-state index in [0.29, 0.717) is 5.75 Å². The average molecular weight is 415 g/mol. The molecule has 1 N–H and O–H groups in total. The molecule has 1 aromatic rings. The van der Waals surface area contributed by atoms with Crippen LogP contribution in [0.2, 0.25) is 0 Å². The SMILES string of the molecule is CCCCCCCCCCCCc1ccccc1C(C)SCCS(=O)(=O)O. The molecular formula is C22H38O3S2. The summed E-state index contributed by atoms with van der Waals surface area (Å²) in [4.78, 5) is 0. The van der Waals surface area contributed by atoms with E-state index < -0.39 is 10.1 Å². The van der Waals surface area contributed by atoms with Crippen molar-refractivity contribution in [1.82, 2.24) is 0 Å². The quantitative estimate of drug-likeness (QED) is 0.238. The van der Waals surface area contributed by atoms with E-state index in [2.05, 4.69) is 38.1 Å². The highest BCUT2D eigenvalue weighted by Crippen LogP contribution is 2.31. The van der Waals surface area contributed by atoms with Crippen LogP contribution in [0.4, 0.5) is 0 Å². The second kappa shape index (κ2) is 14.5. The molecule has 27 heavy (non-hydrogen) atoms. The number of hydrogen-bond donors (Lipinski definition) is 1. The third-order valence-electron chi connectivity index (χ3n) is 5.00. The van der Waals surface area contributed by atoms with Crippen LogP contribution in [-0.2, 0) is 16.5 Å². The van der Waals surface area contributed by atoms with Crippen molar-refractivity contribution in [3.05, 3.63) is 35.4 Å². The van der Waals surface area contributed by atoms with Gasteiger partial charge in [0.05, 0.1) is 5.75 Å². The van der Waals surface area contributed by atoms with E-state index >= 15 is 0 Å². The fourth-order valence-electron chi connectivity index (χ4n) is 3.38. The van der Waals surface area contributed by atoms with Gasteiger partial charge >= 0.3 is 0 Å². The highest BCUT2D eigenvalue weighted by atomic mass is 32.2. The summed E-state index contributed by atoms with van der Waals surface area (Å²) >= 11 is 1.59. The van der Waals surface area contributed by atoms with Crippen LogP contribution in [0.5, 0.6) is 0 Å². The van der Waals surface area contributed by atoms with Gasteiger partial charge in [0.1, 0.15) is 0 Å². The summed E-state index contributed by atoms with van der Waals surface area (Å²) in [6.45, 7) is 4.38. The molecule has 0 aliphatic heterocycles. The van der Waals surface area contributed by atoms with Crippen molar-refractivity contribution in [3.8, 4) is 0 Å². The molecule has 1 rings (SSSR count). The van der Waals surface area contributed by atoms with Gasteiger partial charge in [-0.25, -0.2) is 0 Å². The highest BCUT2D eigenvalue weighted by Gasteiger charge is 2.12. The Hall–Kier alpha value is -0.520. The zero-order chi connectivity index (χ0) is 20.0. The van der Waals surface area contributed by atoms with Gasteiger partial charge in [0.15, 0.2) is 0 Å². The predicted octanol–water partition coefficient (Wildman–Crippen LogP) is 6.83. The highest BCUT2D eigenvalue weighted by molar-refractivity contribution is 8.00. The smallest absolute Gasteiger partial charge is 0.265 e. The number of aryl methyl sites for hydroxylation is 1. The first-order chi connectivity index (χ1) is 12.9. The fraction of sp³-hybridized carbons (Fsp3) is 0.727. The van der Waals surface area contributed by atoms with Crippen LogP contribution in [0.3, 0.4) is 0 Å². The van der Waals surface area contributed by atoms with Crippen molar-refractivity contribution < 1.29 is 13.0 Å². The Labute approximate surface area is 171 Å². The Morgan fingerprint density at radius 1 is 0.926 bits per heavy atom.